The number of carbonyl (C=O) groups excluding carboxylic acids is 1. The molecule has 0 aliphatic heterocycles. The third-order valence-corrected chi connectivity index (χ3v) is 8.40. The summed E-state index contributed by atoms with van der Waals surface area (Å²) >= 11 is 1.91. The van der Waals surface area contributed by atoms with E-state index in [0.717, 1.165) is 18.8 Å². The van der Waals surface area contributed by atoms with Gasteiger partial charge in [-0.05, 0) is 42.4 Å². The lowest BCUT2D eigenvalue weighted by Crippen LogP contribution is -2.38. The zero-order valence-corrected chi connectivity index (χ0v) is 16.2. The van der Waals surface area contributed by atoms with Crippen molar-refractivity contribution < 1.29 is 9.53 Å². The van der Waals surface area contributed by atoms with Gasteiger partial charge in [0.1, 0.15) is 6.04 Å². The molecule has 3 unspecified atom stereocenters. The largest absolute Gasteiger partial charge is 0.465 e. The van der Waals surface area contributed by atoms with E-state index in [1.165, 1.54) is 32.1 Å². The van der Waals surface area contributed by atoms with Gasteiger partial charge in [-0.3, -0.25) is 4.79 Å². The number of rotatable bonds is 9. The first-order valence-corrected chi connectivity index (χ1v) is 10.4. The maximum Gasteiger partial charge on any atom is 0.323 e. The topological polar surface area (TPSA) is 52.3 Å². The monoisotopic (exact) mass is 341 g/mol. The highest BCUT2D eigenvalue weighted by Crippen LogP contribution is 2.68. The van der Waals surface area contributed by atoms with Crippen molar-refractivity contribution in [2.75, 3.05) is 12.4 Å². The summed E-state index contributed by atoms with van der Waals surface area (Å²) in [5.41, 5.74) is 6.87. The molecule has 2 bridgehead atoms. The molecule has 0 heterocycles. The lowest BCUT2D eigenvalue weighted by molar-refractivity contribution is -0.144. The number of ether oxygens (including phenoxy) is 1. The Morgan fingerprint density at radius 2 is 2.04 bits per heavy atom. The number of unbranched alkanes of at least 4 members (excludes halogenated alkanes) is 3. The normalized spacial score (nSPS) is 32.9. The second-order valence-electron chi connectivity index (χ2n) is 8.27. The predicted molar refractivity (Wildman–Crippen MR) is 98.6 cm³/mol. The fourth-order valence-electron chi connectivity index (χ4n) is 4.48. The van der Waals surface area contributed by atoms with Crippen molar-refractivity contribution in [1.82, 2.24) is 0 Å². The summed E-state index contributed by atoms with van der Waals surface area (Å²) in [5.74, 6) is 1.31. The number of thioether (sulfide) groups is 1. The third-order valence-electron chi connectivity index (χ3n) is 6.74. The molecule has 3 nitrogen and oxygen atoms in total. The molecule has 2 fully saturated rings. The molecular formula is C19H35NO2S. The number of nitrogens with two attached hydrogens (primary N) is 1. The maximum atomic E-state index is 12.0. The molecule has 4 heteroatoms. The van der Waals surface area contributed by atoms with Crippen molar-refractivity contribution in [3.63, 3.8) is 0 Å². The molecule has 2 N–H and O–H groups in total. The van der Waals surface area contributed by atoms with Crippen LogP contribution >= 0.6 is 11.8 Å². The Balaban J connectivity index is 1.71. The first-order chi connectivity index (χ1) is 10.8. The van der Waals surface area contributed by atoms with Crippen LogP contribution in [-0.4, -0.2) is 29.6 Å². The molecule has 134 valence electrons. The minimum absolute atomic E-state index is 0.221. The molecule has 2 aliphatic carbocycles. The van der Waals surface area contributed by atoms with Crippen molar-refractivity contribution in [2.45, 2.75) is 83.9 Å². The van der Waals surface area contributed by atoms with E-state index in [-0.39, 0.29) is 5.97 Å². The number of carbonyl (C=O) groups is 1. The zero-order chi connectivity index (χ0) is 17.1. The number of esters is 1. The number of fused-ring (bicyclic) bond motifs is 2. The minimum atomic E-state index is -0.475. The first-order valence-electron chi connectivity index (χ1n) is 9.36. The Hall–Kier alpha value is -0.220. The SMILES string of the molecule is CCCCCCOC(=O)[C@@H](N)CSC1CC2CCC1(C)C2(C)C. The third kappa shape index (κ3) is 3.89. The average Bonchev–Trinajstić information content (AvgIpc) is 2.85. The Morgan fingerprint density at radius 1 is 1.30 bits per heavy atom. The standard InChI is InChI=1S/C19H35NO2S/c1-5-6-7-8-11-22-17(21)15(20)13-23-16-12-14-9-10-19(16,4)18(14,2)3/h14-16H,5-13,20H2,1-4H3/t14?,15-,16?,19?/m0/s1. The Kier molecular flexibility index (Phi) is 6.46. The highest BCUT2D eigenvalue weighted by Gasteiger charge is 2.61. The van der Waals surface area contributed by atoms with Gasteiger partial charge >= 0.3 is 5.97 Å². The molecule has 2 saturated carbocycles. The average molecular weight is 342 g/mol. The predicted octanol–water partition coefficient (Wildman–Crippen LogP) is 4.39. The van der Waals surface area contributed by atoms with Gasteiger partial charge in [-0.1, -0.05) is 47.0 Å². The van der Waals surface area contributed by atoms with Crippen LogP contribution in [0.3, 0.4) is 0 Å². The van der Waals surface area contributed by atoms with E-state index in [2.05, 4.69) is 27.7 Å². The zero-order valence-electron chi connectivity index (χ0n) is 15.4. The highest BCUT2D eigenvalue weighted by molar-refractivity contribution is 8.00. The smallest absolute Gasteiger partial charge is 0.323 e. The van der Waals surface area contributed by atoms with E-state index in [0.29, 0.717) is 28.4 Å². The van der Waals surface area contributed by atoms with E-state index < -0.39 is 6.04 Å². The van der Waals surface area contributed by atoms with Crippen LogP contribution in [0.1, 0.15) is 72.6 Å². The van der Waals surface area contributed by atoms with Gasteiger partial charge in [-0.25, -0.2) is 0 Å². The molecule has 0 spiro atoms. The molecule has 4 atom stereocenters. The van der Waals surface area contributed by atoms with Crippen LogP contribution < -0.4 is 5.73 Å². The fraction of sp³-hybridized carbons (Fsp3) is 0.947. The van der Waals surface area contributed by atoms with Gasteiger partial charge in [-0.15, -0.1) is 0 Å². The lowest BCUT2D eigenvalue weighted by Gasteiger charge is -2.39. The number of hydrogen-bond acceptors (Lipinski definition) is 4. The van der Waals surface area contributed by atoms with Crippen molar-refractivity contribution in [2.24, 2.45) is 22.5 Å². The molecule has 2 aliphatic rings. The Labute approximate surface area is 146 Å². The van der Waals surface area contributed by atoms with E-state index >= 15 is 0 Å². The van der Waals surface area contributed by atoms with Crippen LogP contribution in [0.2, 0.25) is 0 Å². The molecule has 0 aromatic carbocycles. The summed E-state index contributed by atoms with van der Waals surface area (Å²) < 4.78 is 5.32. The lowest BCUT2D eigenvalue weighted by atomic mass is 9.71. The fourth-order valence-corrected chi connectivity index (χ4v) is 6.21. The van der Waals surface area contributed by atoms with E-state index in [1.807, 2.05) is 11.8 Å². The van der Waals surface area contributed by atoms with E-state index in [1.54, 1.807) is 0 Å². The van der Waals surface area contributed by atoms with Crippen LogP contribution in [0.15, 0.2) is 0 Å². The van der Waals surface area contributed by atoms with Crippen molar-refractivity contribution >= 4 is 17.7 Å². The molecule has 0 amide bonds. The summed E-state index contributed by atoms with van der Waals surface area (Å²) in [5, 5.41) is 0.639. The summed E-state index contributed by atoms with van der Waals surface area (Å²) in [6, 6.07) is -0.475. The number of hydrogen-bond donors (Lipinski definition) is 1. The second kappa shape index (κ2) is 7.77. The first kappa shape index (κ1) is 19.1. The molecule has 2 rings (SSSR count). The molecule has 0 saturated heterocycles. The molecule has 0 aromatic heterocycles. The van der Waals surface area contributed by atoms with Gasteiger partial charge in [0.25, 0.3) is 0 Å². The van der Waals surface area contributed by atoms with Gasteiger partial charge < -0.3 is 10.5 Å². The van der Waals surface area contributed by atoms with Crippen LogP contribution in [-0.2, 0) is 9.53 Å². The van der Waals surface area contributed by atoms with Crippen molar-refractivity contribution in [3.8, 4) is 0 Å². The Morgan fingerprint density at radius 3 is 2.61 bits per heavy atom. The second-order valence-corrected chi connectivity index (χ2v) is 9.50. The van der Waals surface area contributed by atoms with Crippen molar-refractivity contribution in [1.29, 1.82) is 0 Å². The molecule has 0 aromatic rings. The van der Waals surface area contributed by atoms with Gasteiger partial charge in [0.05, 0.1) is 6.61 Å². The minimum Gasteiger partial charge on any atom is -0.465 e. The highest BCUT2D eigenvalue weighted by atomic mass is 32.2. The van der Waals surface area contributed by atoms with Gasteiger partial charge in [-0.2, -0.15) is 11.8 Å². The summed E-state index contributed by atoms with van der Waals surface area (Å²) in [6.45, 7) is 9.99. The van der Waals surface area contributed by atoms with Gasteiger partial charge in [0, 0.05) is 11.0 Å². The van der Waals surface area contributed by atoms with Crippen LogP contribution in [0.4, 0.5) is 0 Å². The van der Waals surface area contributed by atoms with Crippen LogP contribution in [0, 0.1) is 16.7 Å². The van der Waals surface area contributed by atoms with Crippen LogP contribution in [0.25, 0.3) is 0 Å². The molecule has 0 radical (unpaired) electrons. The maximum absolute atomic E-state index is 12.0. The molecular weight excluding hydrogens is 306 g/mol. The summed E-state index contributed by atoms with van der Waals surface area (Å²) in [4.78, 5) is 12.0. The van der Waals surface area contributed by atoms with Gasteiger partial charge in [0.2, 0.25) is 0 Å². The van der Waals surface area contributed by atoms with Gasteiger partial charge in [0.15, 0.2) is 0 Å². The van der Waals surface area contributed by atoms with Crippen molar-refractivity contribution in [3.05, 3.63) is 0 Å². The summed E-state index contributed by atoms with van der Waals surface area (Å²) in [6.07, 6.45) is 8.46. The van der Waals surface area contributed by atoms with E-state index in [9.17, 15) is 4.79 Å². The quantitative estimate of drug-likeness (QED) is 0.499. The molecule has 23 heavy (non-hydrogen) atoms. The summed E-state index contributed by atoms with van der Waals surface area (Å²) in [7, 11) is 0. The Bertz CT molecular complexity index is 412. The van der Waals surface area contributed by atoms with E-state index in [4.69, 9.17) is 10.5 Å². The van der Waals surface area contributed by atoms with Crippen LogP contribution in [0.5, 0.6) is 0 Å².